The molecule has 27 heavy (non-hydrogen) atoms. The minimum Gasteiger partial charge on any atom is -0.375 e. The standard InChI is InChI=1S/C23H31N3O/c1-3-4-15-25(2)22-12-10-20(11-13-22)23(27)24-21-14-16-26(18-21)17-19-8-6-5-7-9-19/h5-13,21H,3-4,14-18H2,1-2H3,(H,24,27). The van der Waals surface area contributed by atoms with E-state index in [0.29, 0.717) is 0 Å². The van der Waals surface area contributed by atoms with Gasteiger partial charge in [-0.2, -0.15) is 0 Å². The molecular formula is C23H31N3O. The van der Waals surface area contributed by atoms with Crippen LogP contribution in [0.2, 0.25) is 0 Å². The number of nitrogens with zero attached hydrogens (tertiary/aromatic N) is 2. The van der Waals surface area contributed by atoms with E-state index < -0.39 is 0 Å². The number of carbonyl (C=O) groups is 1. The Labute approximate surface area is 163 Å². The molecule has 0 radical (unpaired) electrons. The largest absolute Gasteiger partial charge is 0.375 e. The van der Waals surface area contributed by atoms with E-state index in [9.17, 15) is 4.79 Å². The number of hydrogen-bond acceptors (Lipinski definition) is 3. The van der Waals surface area contributed by atoms with Crippen LogP contribution in [0.4, 0.5) is 5.69 Å². The first kappa shape index (κ1) is 19.4. The predicted molar refractivity (Wildman–Crippen MR) is 112 cm³/mol. The highest BCUT2D eigenvalue weighted by Gasteiger charge is 2.24. The van der Waals surface area contributed by atoms with Crippen LogP contribution in [0.5, 0.6) is 0 Å². The molecule has 0 aromatic heterocycles. The molecule has 2 aromatic carbocycles. The Morgan fingerprint density at radius 3 is 2.59 bits per heavy atom. The van der Waals surface area contributed by atoms with E-state index in [1.54, 1.807) is 0 Å². The van der Waals surface area contributed by atoms with Crippen molar-refractivity contribution in [2.45, 2.75) is 38.8 Å². The van der Waals surface area contributed by atoms with E-state index in [-0.39, 0.29) is 11.9 Å². The van der Waals surface area contributed by atoms with Gasteiger partial charge in [0.2, 0.25) is 0 Å². The van der Waals surface area contributed by atoms with Gasteiger partial charge in [0.25, 0.3) is 5.91 Å². The molecule has 144 valence electrons. The Morgan fingerprint density at radius 2 is 1.89 bits per heavy atom. The van der Waals surface area contributed by atoms with Crippen LogP contribution in [0.15, 0.2) is 54.6 Å². The highest BCUT2D eigenvalue weighted by Crippen LogP contribution is 2.16. The SMILES string of the molecule is CCCCN(C)c1ccc(C(=O)NC2CCN(Cc3ccccc3)C2)cc1. The minimum atomic E-state index is 0.0318. The molecule has 4 heteroatoms. The molecule has 1 aliphatic rings. The Kier molecular flexibility index (Phi) is 6.88. The fourth-order valence-electron chi connectivity index (χ4n) is 3.60. The summed E-state index contributed by atoms with van der Waals surface area (Å²) in [4.78, 5) is 17.2. The van der Waals surface area contributed by atoms with Crippen molar-refractivity contribution >= 4 is 11.6 Å². The van der Waals surface area contributed by atoms with Gasteiger partial charge in [-0.3, -0.25) is 9.69 Å². The average Bonchev–Trinajstić information content (AvgIpc) is 3.13. The zero-order chi connectivity index (χ0) is 19.1. The number of nitrogens with one attached hydrogen (secondary N) is 1. The molecule has 1 aliphatic heterocycles. The van der Waals surface area contributed by atoms with E-state index in [2.05, 4.69) is 53.4 Å². The highest BCUT2D eigenvalue weighted by molar-refractivity contribution is 5.94. The third kappa shape index (κ3) is 5.57. The number of hydrogen-bond donors (Lipinski definition) is 1. The van der Waals surface area contributed by atoms with Crippen molar-refractivity contribution in [2.75, 3.05) is 31.6 Å². The first-order valence-corrected chi connectivity index (χ1v) is 10.0. The number of unbranched alkanes of at least 4 members (excludes halogenated alkanes) is 1. The monoisotopic (exact) mass is 365 g/mol. The second-order valence-electron chi connectivity index (χ2n) is 7.50. The number of rotatable bonds is 8. The third-order valence-corrected chi connectivity index (χ3v) is 5.27. The molecule has 3 rings (SSSR count). The van der Waals surface area contributed by atoms with E-state index in [1.807, 2.05) is 30.3 Å². The van der Waals surface area contributed by atoms with Crippen molar-refractivity contribution in [3.05, 3.63) is 65.7 Å². The predicted octanol–water partition coefficient (Wildman–Crippen LogP) is 3.93. The van der Waals surface area contributed by atoms with Crippen molar-refractivity contribution in [1.82, 2.24) is 10.2 Å². The summed E-state index contributed by atoms with van der Waals surface area (Å²) >= 11 is 0. The molecule has 0 bridgehead atoms. The molecule has 4 nitrogen and oxygen atoms in total. The lowest BCUT2D eigenvalue weighted by atomic mass is 10.1. The maximum atomic E-state index is 12.6. The second-order valence-corrected chi connectivity index (χ2v) is 7.50. The van der Waals surface area contributed by atoms with E-state index in [4.69, 9.17) is 0 Å². The number of likely N-dealkylation sites (tertiary alicyclic amines) is 1. The summed E-state index contributed by atoms with van der Waals surface area (Å²) in [6.07, 6.45) is 3.38. The van der Waals surface area contributed by atoms with E-state index in [0.717, 1.165) is 43.9 Å². The summed E-state index contributed by atoms with van der Waals surface area (Å²) in [5.41, 5.74) is 3.23. The Balaban J connectivity index is 1.49. The van der Waals surface area contributed by atoms with Crippen molar-refractivity contribution in [2.24, 2.45) is 0 Å². The lowest BCUT2D eigenvalue weighted by Gasteiger charge is -2.19. The number of amides is 1. The average molecular weight is 366 g/mol. The topological polar surface area (TPSA) is 35.6 Å². The fourth-order valence-corrected chi connectivity index (χ4v) is 3.60. The molecule has 1 saturated heterocycles. The van der Waals surface area contributed by atoms with Crippen LogP contribution < -0.4 is 10.2 Å². The van der Waals surface area contributed by atoms with Gasteiger partial charge in [-0.05, 0) is 42.7 Å². The lowest BCUT2D eigenvalue weighted by molar-refractivity contribution is 0.0937. The maximum Gasteiger partial charge on any atom is 0.251 e. The molecule has 1 unspecified atom stereocenters. The quantitative estimate of drug-likeness (QED) is 0.770. The first-order chi connectivity index (χ1) is 13.2. The minimum absolute atomic E-state index is 0.0318. The van der Waals surface area contributed by atoms with Gasteiger partial charge in [-0.25, -0.2) is 0 Å². The third-order valence-electron chi connectivity index (χ3n) is 5.27. The van der Waals surface area contributed by atoms with Gasteiger partial charge in [0.05, 0.1) is 0 Å². The maximum absolute atomic E-state index is 12.6. The van der Waals surface area contributed by atoms with Crippen molar-refractivity contribution in [1.29, 1.82) is 0 Å². The first-order valence-electron chi connectivity index (χ1n) is 10.0. The smallest absolute Gasteiger partial charge is 0.251 e. The molecule has 2 aromatic rings. The summed E-state index contributed by atoms with van der Waals surface area (Å²) in [7, 11) is 2.10. The Morgan fingerprint density at radius 1 is 1.15 bits per heavy atom. The summed E-state index contributed by atoms with van der Waals surface area (Å²) in [5, 5.41) is 3.20. The van der Waals surface area contributed by atoms with Crippen molar-refractivity contribution in [3.63, 3.8) is 0 Å². The van der Waals surface area contributed by atoms with Crippen molar-refractivity contribution in [3.8, 4) is 0 Å². The molecule has 1 fully saturated rings. The summed E-state index contributed by atoms with van der Waals surface area (Å²) in [5.74, 6) is 0.0318. The number of anilines is 1. The molecule has 0 aliphatic carbocycles. The molecule has 0 saturated carbocycles. The fraction of sp³-hybridized carbons (Fsp3) is 0.435. The summed E-state index contributed by atoms with van der Waals surface area (Å²) in [6.45, 7) is 6.14. The van der Waals surface area contributed by atoms with Crippen molar-refractivity contribution < 1.29 is 4.79 Å². The molecule has 0 spiro atoms. The van der Waals surface area contributed by atoms with Crippen LogP contribution >= 0.6 is 0 Å². The van der Waals surface area contributed by atoms with Gasteiger partial charge in [0, 0.05) is 50.5 Å². The summed E-state index contributed by atoms with van der Waals surface area (Å²) < 4.78 is 0. The van der Waals surface area contributed by atoms with Crippen LogP contribution in [0, 0.1) is 0 Å². The number of benzene rings is 2. The molecule has 1 atom stereocenters. The van der Waals surface area contributed by atoms with Crippen LogP contribution in [-0.4, -0.2) is 43.5 Å². The zero-order valence-corrected chi connectivity index (χ0v) is 16.5. The van der Waals surface area contributed by atoms with Gasteiger partial charge < -0.3 is 10.2 Å². The molecular weight excluding hydrogens is 334 g/mol. The van der Waals surface area contributed by atoms with E-state index >= 15 is 0 Å². The zero-order valence-electron chi connectivity index (χ0n) is 16.5. The second kappa shape index (κ2) is 9.56. The van der Waals surface area contributed by atoms with Gasteiger partial charge in [0.15, 0.2) is 0 Å². The van der Waals surface area contributed by atoms with Crippen LogP contribution in [-0.2, 0) is 6.54 Å². The van der Waals surface area contributed by atoms with Crippen LogP contribution in [0.25, 0.3) is 0 Å². The van der Waals surface area contributed by atoms with Gasteiger partial charge >= 0.3 is 0 Å². The normalized spacial score (nSPS) is 17.0. The molecule has 1 heterocycles. The number of carbonyl (C=O) groups excluding carboxylic acids is 1. The van der Waals surface area contributed by atoms with E-state index in [1.165, 1.54) is 18.4 Å². The summed E-state index contributed by atoms with van der Waals surface area (Å²) in [6, 6.07) is 18.7. The van der Waals surface area contributed by atoms with Gasteiger partial charge in [-0.15, -0.1) is 0 Å². The van der Waals surface area contributed by atoms with Crippen LogP contribution in [0.1, 0.15) is 42.1 Å². The Bertz CT molecular complexity index is 714. The van der Waals surface area contributed by atoms with Crippen LogP contribution in [0.3, 0.4) is 0 Å². The van der Waals surface area contributed by atoms with Gasteiger partial charge in [-0.1, -0.05) is 43.7 Å². The molecule has 1 amide bonds. The highest BCUT2D eigenvalue weighted by atomic mass is 16.1. The lowest BCUT2D eigenvalue weighted by Crippen LogP contribution is -2.37. The van der Waals surface area contributed by atoms with Gasteiger partial charge in [0.1, 0.15) is 0 Å². The molecule has 1 N–H and O–H groups in total. The Hall–Kier alpha value is -2.33.